The third-order valence-electron chi connectivity index (χ3n) is 3.72. The number of nitrogens with zero attached hydrogens (tertiary/aromatic N) is 3. The maximum Gasteiger partial charge on any atom is 0.134 e. The Balaban J connectivity index is 1.95. The lowest BCUT2D eigenvalue weighted by Gasteiger charge is -2.18. The van der Waals surface area contributed by atoms with E-state index >= 15 is 0 Å². The molecule has 0 aliphatic heterocycles. The lowest BCUT2D eigenvalue weighted by molar-refractivity contribution is 0.337. The molecule has 5 nitrogen and oxygen atoms in total. The van der Waals surface area contributed by atoms with E-state index in [-0.39, 0.29) is 0 Å². The van der Waals surface area contributed by atoms with Crippen molar-refractivity contribution >= 4 is 11.6 Å². The molecular formula is C15H27N5. The van der Waals surface area contributed by atoms with E-state index in [0.29, 0.717) is 0 Å². The van der Waals surface area contributed by atoms with Gasteiger partial charge in [-0.05, 0) is 33.2 Å². The molecule has 1 heterocycles. The highest BCUT2D eigenvalue weighted by Gasteiger charge is 2.25. The van der Waals surface area contributed by atoms with Crippen LogP contribution in [-0.2, 0) is 6.42 Å². The molecule has 1 saturated carbocycles. The molecule has 0 saturated heterocycles. The minimum absolute atomic E-state index is 0.814. The van der Waals surface area contributed by atoms with Crippen LogP contribution in [0.25, 0.3) is 0 Å². The van der Waals surface area contributed by atoms with E-state index in [1.54, 1.807) is 6.33 Å². The zero-order valence-corrected chi connectivity index (χ0v) is 12.9. The zero-order valence-electron chi connectivity index (χ0n) is 12.9. The smallest absolute Gasteiger partial charge is 0.134 e. The maximum absolute atomic E-state index is 4.42. The SMILES string of the molecule is CCCc1c(NCC)ncnc1NCCN(C)C1CC1. The lowest BCUT2D eigenvalue weighted by atomic mass is 10.1. The Morgan fingerprint density at radius 2 is 1.90 bits per heavy atom. The van der Waals surface area contributed by atoms with Gasteiger partial charge < -0.3 is 15.5 Å². The van der Waals surface area contributed by atoms with E-state index in [0.717, 1.165) is 50.2 Å². The molecule has 20 heavy (non-hydrogen) atoms. The van der Waals surface area contributed by atoms with Crippen molar-refractivity contribution in [3.8, 4) is 0 Å². The van der Waals surface area contributed by atoms with Crippen LogP contribution in [0.5, 0.6) is 0 Å². The van der Waals surface area contributed by atoms with Crippen molar-refractivity contribution in [3.63, 3.8) is 0 Å². The van der Waals surface area contributed by atoms with Crippen LogP contribution >= 0.6 is 0 Å². The molecule has 1 aliphatic rings. The maximum atomic E-state index is 4.42. The molecule has 2 N–H and O–H groups in total. The second-order valence-corrected chi connectivity index (χ2v) is 5.47. The number of hydrogen-bond acceptors (Lipinski definition) is 5. The Labute approximate surface area is 122 Å². The molecule has 1 fully saturated rings. The molecule has 0 aromatic carbocycles. The van der Waals surface area contributed by atoms with Gasteiger partial charge in [0, 0.05) is 31.2 Å². The molecule has 0 spiro atoms. The summed E-state index contributed by atoms with van der Waals surface area (Å²) in [6, 6.07) is 0.814. The van der Waals surface area contributed by atoms with Crippen molar-refractivity contribution in [2.45, 2.75) is 45.6 Å². The van der Waals surface area contributed by atoms with Gasteiger partial charge in [-0.2, -0.15) is 0 Å². The van der Waals surface area contributed by atoms with Crippen molar-refractivity contribution in [1.82, 2.24) is 14.9 Å². The standard InChI is InChI=1S/C15H27N5/c1-4-6-13-14(16-5-2)18-11-19-15(13)17-9-10-20(3)12-7-8-12/h11-12H,4-10H2,1-3H3,(H2,16,17,18,19). The fourth-order valence-corrected chi connectivity index (χ4v) is 2.42. The molecule has 5 heteroatoms. The third kappa shape index (κ3) is 4.07. The second kappa shape index (κ2) is 7.43. The topological polar surface area (TPSA) is 53.1 Å². The van der Waals surface area contributed by atoms with E-state index in [1.165, 1.54) is 18.4 Å². The molecule has 1 aromatic heterocycles. The molecule has 1 aliphatic carbocycles. The summed E-state index contributed by atoms with van der Waals surface area (Å²) in [6.07, 6.45) is 6.46. The third-order valence-corrected chi connectivity index (χ3v) is 3.72. The molecule has 0 atom stereocenters. The summed E-state index contributed by atoms with van der Waals surface area (Å²) in [5.41, 5.74) is 1.21. The Kier molecular flexibility index (Phi) is 5.59. The van der Waals surface area contributed by atoms with Gasteiger partial charge in [0.15, 0.2) is 0 Å². The largest absolute Gasteiger partial charge is 0.370 e. The Hall–Kier alpha value is -1.36. The summed E-state index contributed by atoms with van der Waals surface area (Å²) in [4.78, 5) is 11.2. The van der Waals surface area contributed by atoms with Crippen LogP contribution in [-0.4, -0.2) is 47.6 Å². The summed E-state index contributed by atoms with van der Waals surface area (Å²) in [5.74, 6) is 1.96. The normalized spacial score (nSPS) is 14.6. The minimum atomic E-state index is 0.814. The summed E-state index contributed by atoms with van der Waals surface area (Å²) in [6.45, 7) is 7.17. The lowest BCUT2D eigenvalue weighted by Crippen LogP contribution is -2.27. The fourth-order valence-electron chi connectivity index (χ4n) is 2.42. The Morgan fingerprint density at radius 3 is 2.50 bits per heavy atom. The molecule has 2 rings (SSSR count). The van der Waals surface area contributed by atoms with Crippen molar-refractivity contribution in [2.75, 3.05) is 37.3 Å². The summed E-state index contributed by atoms with van der Waals surface area (Å²) >= 11 is 0. The van der Waals surface area contributed by atoms with Crippen LogP contribution < -0.4 is 10.6 Å². The van der Waals surface area contributed by atoms with Crippen molar-refractivity contribution in [3.05, 3.63) is 11.9 Å². The number of anilines is 2. The monoisotopic (exact) mass is 277 g/mol. The molecule has 0 unspecified atom stereocenters. The highest BCUT2D eigenvalue weighted by atomic mass is 15.2. The first-order valence-corrected chi connectivity index (χ1v) is 7.78. The Bertz CT molecular complexity index is 417. The average molecular weight is 277 g/mol. The number of nitrogens with one attached hydrogen (secondary N) is 2. The highest BCUT2D eigenvalue weighted by molar-refractivity contribution is 5.57. The van der Waals surface area contributed by atoms with E-state index in [2.05, 4.69) is 46.4 Å². The Morgan fingerprint density at radius 1 is 1.20 bits per heavy atom. The van der Waals surface area contributed by atoms with Gasteiger partial charge >= 0.3 is 0 Å². The van der Waals surface area contributed by atoms with Crippen LogP contribution in [0.4, 0.5) is 11.6 Å². The minimum Gasteiger partial charge on any atom is -0.370 e. The number of likely N-dealkylation sites (N-methyl/N-ethyl adjacent to an activating group) is 1. The van der Waals surface area contributed by atoms with Gasteiger partial charge in [0.1, 0.15) is 18.0 Å². The summed E-state index contributed by atoms with van der Waals surface area (Å²) in [7, 11) is 2.20. The average Bonchev–Trinajstić information content (AvgIpc) is 3.27. The van der Waals surface area contributed by atoms with Gasteiger partial charge in [-0.1, -0.05) is 13.3 Å². The van der Waals surface area contributed by atoms with E-state index < -0.39 is 0 Å². The quantitative estimate of drug-likeness (QED) is 0.726. The molecule has 0 radical (unpaired) electrons. The molecule has 0 bridgehead atoms. The summed E-state index contributed by atoms with van der Waals surface area (Å²) in [5, 5.41) is 6.80. The first-order valence-electron chi connectivity index (χ1n) is 7.78. The fraction of sp³-hybridized carbons (Fsp3) is 0.733. The molecule has 0 amide bonds. The van der Waals surface area contributed by atoms with E-state index in [9.17, 15) is 0 Å². The summed E-state index contributed by atoms with van der Waals surface area (Å²) < 4.78 is 0. The first-order chi connectivity index (χ1) is 9.76. The predicted molar refractivity (Wildman–Crippen MR) is 84.3 cm³/mol. The zero-order chi connectivity index (χ0) is 14.4. The van der Waals surface area contributed by atoms with E-state index in [4.69, 9.17) is 0 Å². The van der Waals surface area contributed by atoms with Crippen LogP contribution in [0.15, 0.2) is 6.33 Å². The van der Waals surface area contributed by atoms with Gasteiger partial charge in [0.05, 0.1) is 0 Å². The number of hydrogen-bond donors (Lipinski definition) is 2. The van der Waals surface area contributed by atoms with Gasteiger partial charge in [-0.3, -0.25) is 0 Å². The molecular weight excluding hydrogens is 250 g/mol. The van der Waals surface area contributed by atoms with Gasteiger partial charge in [0.2, 0.25) is 0 Å². The highest BCUT2D eigenvalue weighted by Crippen LogP contribution is 2.25. The van der Waals surface area contributed by atoms with Gasteiger partial charge in [-0.15, -0.1) is 0 Å². The van der Waals surface area contributed by atoms with E-state index in [1.807, 2.05) is 0 Å². The number of aromatic nitrogens is 2. The van der Waals surface area contributed by atoms with Crippen molar-refractivity contribution in [2.24, 2.45) is 0 Å². The van der Waals surface area contributed by atoms with Crippen molar-refractivity contribution in [1.29, 1.82) is 0 Å². The van der Waals surface area contributed by atoms with Crippen LogP contribution in [0, 0.1) is 0 Å². The molecule has 112 valence electrons. The van der Waals surface area contributed by atoms with Crippen LogP contribution in [0.3, 0.4) is 0 Å². The van der Waals surface area contributed by atoms with Gasteiger partial charge in [-0.25, -0.2) is 9.97 Å². The predicted octanol–water partition coefficient (Wildman–Crippen LogP) is 2.37. The van der Waals surface area contributed by atoms with Gasteiger partial charge in [0.25, 0.3) is 0 Å². The second-order valence-electron chi connectivity index (χ2n) is 5.47. The van der Waals surface area contributed by atoms with Crippen LogP contribution in [0.2, 0.25) is 0 Å². The van der Waals surface area contributed by atoms with Crippen LogP contribution in [0.1, 0.15) is 38.7 Å². The molecule has 1 aromatic rings. The number of rotatable bonds is 9. The van der Waals surface area contributed by atoms with Crippen molar-refractivity contribution < 1.29 is 0 Å². The first kappa shape index (κ1) is 15.0.